The first-order chi connectivity index (χ1) is 16.5. The molecular weight excluding hydrogens is 472 g/mol. The molecule has 0 saturated heterocycles. The molecule has 2 heterocycles. The summed E-state index contributed by atoms with van der Waals surface area (Å²) in [5.74, 6) is 0.812. The van der Waals surface area contributed by atoms with Gasteiger partial charge in [0.25, 0.3) is 0 Å². The predicted octanol–water partition coefficient (Wildman–Crippen LogP) is 5.26. The topological polar surface area (TPSA) is 78.3 Å². The van der Waals surface area contributed by atoms with Crippen molar-refractivity contribution in [3.63, 3.8) is 0 Å². The summed E-state index contributed by atoms with van der Waals surface area (Å²) in [6.07, 6.45) is 0.935. The maximum Gasteiger partial charge on any atom is 0.338 e. The number of rotatable bonds is 9. The second-order valence-electron chi connectivity index (χ2n) is 7.83. The molecule has 1 aromatic heterocycles. The maximum absolute atomic E-state index is 13.1. The van der Waals surface area contributed by atoms with Crippen molar-refractivity contribution in [3.05, 3.63) is 81.5 Å². The van der Waals surface area contributed by atoms with Crippen molar-refractivity contribution >= 4 is 35.3 Å². The molecule has 2 aromatic carbocycles. The van der Waals surface area contributed by atoms with Gasteiger partial charge in [-0.1, -0.05) is 72.8 Å². The molecule has 0 spiro atoms. The van der Waals surface area contributed by atoms with Gasteiger partial charge in [-0.3, -0.25) is 0 Å². The van der Waals surface area contributed by atoms with E-state index in [1.807, 2.05) is 43.3 Å². The van der Waals surface area contributed by atoms with Gasteiger partial charge in [-0.05, 0) is 36.1 Å². The molecule has 7 nitrogen and oxygen atoms in total. The lowest BCUT2D eigenvalue weighted by Crippen LogP contribution is -2.30. The number of fused-ring (bicyclic) bond motifs is 1. The average Bonchev–Trinajstić information content (AvgIpc) is 3.25. The van der Waals surface area contributed by atoms with E-state index >= 15 is 0 Å². The second kappa shape index (κ2) is 11.1. The minimum Gasteiger partial charge on any atom is -0.460 e. The summed E-state index contributed by atoms with van der Waals surface area (Å²) in [5, 5.41) is 9.30. The molecular formula is C25H27ClN4O3S. The molecule has 0 fully saturated rings. The van der Waals surface area contributed by atoms with Crippen molar-refractivity contribution in [1.82, 2.24) is 14.8 Å². The van der Waals surface area contributed by atoms with E-state index in [4.69, 9.17) is 26.2 Å². The highest BCUT2D eigenvalue weighted by Gasteiger charge is 2.35. The van der Waals surface area contributed by atoms with E-state index in [9.17, 15) is 4.79 Å². The third-order valence-electron chi connectivity index (χ3n) is 5.59. The summed E-state index contributed by atoms with van der Waals surface area (Å²) in [6, 6.07) is 15.5. The largest absolute Gasteiger partial charge is 0.460 e. The van der Waals surface area contributed by atoms with E-state index in [0.717, 1.165) is 17.5 Å². The number of nitrogens with zero attached hydrogens (tertiary/aromatic N) is 3. The summed E-state index contributed by atoms with van der Waals surface area (Å²) in [4.78, 5) is 17.8. The van der Waals surface area contributed by atoms with Crippen LogP contribution in [0.2, 0.25) is 5.02 Å². The van der Waals surface area contributed by atoms with Gasteiger partial charge >= 0.3 is 5.97 Å². The Balaban J connectivity index is 1.66. The Morgan fingerprint density at radius 3 is 2.65 bits per heavy atom. The van der Waals surface area contributed by atoms with Gasteiger partial charge in [-0.25, -0.2) is 9.48 Å². The summed E-state index contributed by atoms with van der Waals surface area (Å²) in [7, 11) is 1.57. The molecule has 34 heavy (non-hydrogen) atoms. The number of carbonyl (C=O) groups is 1. The first kappa shape index (κ1) is 24.3. The molecule has 1 atom stereocenters. The number of aryl methyl sites for hydroxylation is 1. The minimum absolute atomic E-state index is 0.177. The van der Waals surface area contributed by atoms with Crippen LogP contribution < -0.4 is 5.32 Å². The van der Waals surface area contributed by atoms with Gasteiger partial charge in [0.1, 0.15) is 12.6 Å². The molecule has 1 aliphatic heterocycles. The highest BCUT2D eigenvalue weighted by atomic mass is 35.5. The lowest BCUT2D eigenvalue weighted by Gasteiger charge is -2.28. The highest BCUT2D eigenvalue weighted by Crippen LogP contribution is 2.37. The van der Waals surface area contributed by atoms with Gasteiger partial charge in [0, 0.05) is 23.6 Å². The van der Waals surface area contributed by atoms with Crippen LogP contribution in [-0.2, 0) is 26.4 Å². The van der Waals surface area contributed by atoms with Crippen LogP contribution in [0.25, 0.3) is 0 Å². The second-order valence-corrected chi connectivity index (χ2v) is 9.18. The average molecular weight is 499 g/mol. The van der Waals surface area contributed by atoms with Crippen molar-refractivity contribution in [2.45, 2.75) is 37.2 Å². The third kappa shape index (κ3) is 5.29. The Morgan fingerprint density at radius 1 is 1.18 bits per heavy atom. The number of halogens is 1. The molecule has 0 amide bonds. The first-order valence-electron chi connectivity index (χ1n) is 11.1. The quantitative estimate of drug-likeness (QED) is 0.245. The van der Waals surface area contributed by atoms with E-state index in [1.54, 1.807) is 11.8 Å². The maximum atomic E-state index is 13.1. The van der Waals surface area contributed by atoms with Gasteiger partial charge < -0.3 is 14.8 Å². The van der Waals surface area contributed by atoms with E-state index in [1.165, 1.54) is 17.3 Å². The van der Waals surface area contributed by atoms with E-state index in [2.05, 4.69) is 29.4 Å². The lowest BCUT2D eigenvalue weighted by molar-refractivity contribution is -0.140. The zero-order chi connectivity index (χ0) is 24.1. The summed E-state index contributed by atoms with van der Waals surface area (Å²) < 4.78 is 12.3. The van der Waals surface area contributed by atoms with Crippen molar-refractivity contribution in [2.75, 3.05) is 25.6 Å². The third-order valence-corrected chi connectivity index (χ3v) is 6.85. The fourth-order valence-corrected chi connectivity index (χ4v) is 4.87. The number of esters is 1. The number of thioether (sulfide) groups is 1. The van der Waals surface area contributed by atoms with Gasteiger partial charge in [0.2, 0.25) is 11.1 Å². The molecule has 0 unspecified atom stereocenters. The van der Waals surface area contributed by atoms with Crippen molar-refractivity contribution in [1.29, 1.82) is 0 Å². The van der Waals surface area contributed by atoms with Crippen LogP contribution in [0.1, 0.15) is 36.6 Å². The Labute approximate surface area is 208 Å². The number of nitrogens with one attached hydrogen (secondary N) is 1. The van der Waals surface area contributed by atoms with Gasteiger partial charge in [-0.2, -0.15) is 4.98 Å². The number of ether oxygens (including phenoxy) is 2. The number of methoxy groups -OCH3 is 1. The molecule has 1 N–H and O–H groups in total. The SMILES string of the molecule is CCc1ccc([C@@H]2C(C(=O)OCCOC)=C(C)Nc3nc(SCc4ccccc4Cl)nn32)cc1. The number of hydrogen-bond donors (Lipinski definition) is 1. The Morgan fingerprint density at radius 2 is 1.94 bits per heavy atom. The highest BCUT2D eigenvalue weighted by molar-refractivity contribution is 7.98. The number of hydrogen-bond acceptors (Lipinski definition) is 7. The van der Waals surface area contributed by atoms with Crippen LogP contribution >= 0.6 is 23.4 Å². The molecule has 3 aromatic rings. The van der Waals surface area contributed by atoms with Crippen molar-refractivity contribution in [2.24, 2.45) is 0 Å². The Bertz CT molecular complexity index is 1190. The normalized spacial score (nSPS) is 15.1. The predicted molar refractivity (Wildman–Crippen MR) is 134 cm³/mol. The lowest BCUT2D eigenvalue weighted by atomic mass is 9.95. The summed E-state index contributed by atoms with van der Waals surface area (Å²) in [6.45, 7) is 4.48. The number of allylic oxidation sites excluding steroid dienone is 1. The van der Waals surface area contributed by atoms with Crippen LogP contribution in [0.15, 0.2) is 65.0 Å². The van der Waals surface area contributed by atoms with Gasteiger partial charge in [0.05, 0.1) is 12.2 Å². The molecule has 4 rings (SSSR count). The van der Waals surface area contributed by atoms with E-state index in [0.29, 0.717) is 39.8 Å². The minimum atomic E-state index is -0.459. The van der Waals surface area contributed by atoms with Gasteiger partial charge in [0.15, 0.2) is 0 Å². The van der Waals surface area contributed by atoms with Crippen LogP contribution in [0.4, 0.5) is 5.95 Å². The van der Waals surface area contributed by atoms with E-state index in [-0.39, 0.29) is 6.61 Å². The zero-order valence-electron chi connectivity index (χ0n) is 19.4. The summed E-state index contributed by atoms with van der Waals surface area (Å²) in [5.41, 5.74) is 4.36. The molecule has 0 bridgehead atoms. The summed E-state index contributed by atoms with van der Waals surface area (Å²) >= 11 is 7.80. The number of aromatic nitrogens is 3. The number of carbonyl (C=O) groups excluding carboxylic acids is 1. The standard InChI is InChI=1S/C25H27ClN4O3S/c1-4-17-9-11-18(12-10-17)22-21(23(31)33-14-13-32-3)16(2)27-24-28-25(29-30(22)24)34-15-19-7-5-6-8-20(19)26/h5-12,22H,4,13-15H2,1-3H3,(H,27,28,29)/t22-/m1/s1. The van der Waals surface area contributed by atoms with E-state index < -0.39 is 12.0 Å². The Kier molecular flexibility index (Phi) is 7.92. The smallest absolute Gasteiger partial charge is 0.338 e. The number of benzene rings is 2. The molecule has 0 radical (unpaired) electrons. The fraction of sp³-hybridized carbons (Fsp3) is 0.320. The monoisotopic (exact) mass is 498 g/mol. The van der Waals surface area contributed by atoms with Crippen LogP contribution in [0, 0.1) is 0 Å². The zero-order valence-corrected chi connectivity index (χ0v) is 20.9. The van der Waals surface area contributed by atoms with Crippen LogP contribution in [0.5, 0.6) is 0 Å². The van der Waals surface area contributed by atoms with Gasteiger partial charge in [-0.15, -0.1) is 5.10 Å². The number of anilines is 1. The fourth-order valence-electron chi connectivity index (χ4n) is 3.75. The van der Waals surface area contributed by atoms with Crippen molar-refractivity contribution < 1.29 is 14.3 Å². The molecule has 9 heteroatoms. The Hall–Kier alpha value is -2.81. The van der Waals surface area contributed by atoms with Crippen LogP contribution in [0.3, 0.4) is 0 Å². The molecule has 178 valence electrons. The molecule has 0 aliphatic carbocycles. The van der Waals surface area contributed by atoms with Crippen LogP contribution in [-0.4, -0.2) is 41.1 Å². The molecule has 0 saturated carbocycles. The molecule has 1 aliphatic rings. The van der Waals surface area contributed by atoms with Crippen molar-refractivity contribution in [3.8, 4) is 0 Å². The first-order valence-corrected chi connectivity index (χ1v) is 12.4.